The van der Waals surface area contributed by atoms with Crippen molar-refractivity contribution >= 4 is 34.8 Å². The van der Waals surface area contributed by atoms with Crippen LogP contribution in [0, 0.1) is 5.82 Å². The Balaban J connectivity index is 1.54. The Morgan fingerprint density at radius 3 is 2.71 bits per heavy atom. The third kappa shape index (κ3) is 5.85. The third-order valence-electron chi connectivity index (χ3n) is 6.40. The van der Waals surface area contributed by atoms with Crippen molar-refractivity contribution in [3.05, 3.63) is 86.8 Å². The molecule has 0 radical (unpaired) electrons. The quantitative estimate of drug-likeness (QED) is 0.371. The van der Waals surface area contributed by atoms with Gasteiger partial charge >= 0.3 is 0 Å². The summed E-state index contributed by atoms with van der Waals surface area (Å²) >= 11 is 7.78. The maximum absolute atomic E-state index is 13.6. The van der Waals surface area contributed by atoms with Crippen LogP contribution in [0.5, 0.6) is 5.75 Å². The number of fused-ring (bicyclic) bond motifs is 1. The SMILES string of the molecule is CC[C@H](C)N(CC(=O)N1CCc2sccc2[C@@H]1COc1ccc(F)cc1)C(=O)c1cccc(Cl)c1. The number of carbonyl (C=O) groups is 2. The molecule has 0 unspecified atom stereocenters. The van der Waals surface area contributed by atoms with Crippen LogP contribution in [-0.2, 0) is 11.2 Å². The van der Waals surface area contributed by atoms with E-state index >= 15 is 0 Å². The summed E-state index contributed by atoms with van der Waals surface area (Å²) in [5.74, 6) is -0.146. The first-order valence-electron chi connectivity index (χ1n) is 11.7. The highest BCUT2D eigenvalue weighted by molar-refractivity contribution is 7.10. The average Bonchev–Trinajstić information content (AvgIpc) is 3.35. The molecule has 1 aliphatic heterocycles. The number of halogens is 2. The zero-order valence-electron chi connectivity index (χ0n) is 19.7. The van der Waals surface area contributed by atoms with E-state index in [4.69, 9.17) is 16.3 Å². The lowest BCUT2D eigenvalue weighted by atomic mass is 10.00. The number of carbonyl (C=O) groups excluding carboxylic acids is 2. The molecular formula is C27H28ClFN2O3S. The molecular weight excluding hydrogens is 487 g/mol. The number of rotatable bonds is 8. The summed E-state index contributed by atoms with van der Waals surface area (Å²) in [5.41, 5.74) is 1.52. The first kappa shape index (κ1) is 25.2. The van der Waals surface area contributed by atoms with Crippen LogP contribution in [0.2, 0.25) is 5.02 Å². The Morgan fingerprint density at radius 1 is 1.23 bits per heavy atom. The maximum atomic E-state index is 13.6. The molecule has 1 aliphatic rings. The Hall–Kier alpha value is -2.90. The standard InChI is InChI=1S/C27H28ClFN2O3S/c1-3-18(2)31(27(33)19-5-4-6-20(28)15-19)16-26(32)30-13-11-25-23(12-14-35-25)24(30)17-34-22-9-7-21(29)8-10-22/h4-10,12,14-15,18,24H,3,11,13,16-17H2,1-2H3/t18-,24-/m0/s1. The Labute approximate surface area is 214 Å². The number of hydrogen-bond acceptors (Lipinski definition) is 4. The monoisotopic (exact) mass is 514 g/mol. The summed E-state index contributed by atoms with van der Waals surface area (Å²) in [6, 6.07) is 14.3. The second-order valence-corrected chi connectivity index (χ2v) is 10.1. The largest absolute Gasteiger partial charge is 0.491 e. The van der Waals surface area contributed by atoms with E-state index < -0.39 is 0 Å². The van der Waals surface area contributed by atoms with Gasteiger partial charge in [-0.05, 0) is 79.2 Å². The van der Waals surface area contributed by atoms with E-state index in [9.17, 15) is 14.0 Å². The molecule has 1 aromatic heterocycles. The molecule has 5 nitrogen and oxygen atoms in total. The number of hydrogen-bond donors (Lipinski definition) is 0. The molecule has 0 fully saturated rings. The van der Waals surface area contributed by atoms with Gasteiger partial charge < -0.3 is 14.5 Å². The number of amides is 2. The fraction of sp³-hybridized carbons (Fsp3) is 0.333. The summed E-state index contributed by atoms with van der Waals surface area (Å²) in [5, 5.41) is 2.50. The highest BCUT2D eigenvalue weighted by atomic mass is 35.5. The lowest BCUT2D eigenvalue weighted by Gasteiger charge is -2.38. The predicted octanol–water partition coefficient (Wildman–Crippen LogP) is 5.99. The molecule has 0 saturated carbocycles. The van der Waals surface area contributed by atoms with E-state index in [1.54, 1.807) is 57.5 Å². The van der Waals surface area contributed by atoms with Crippen molar-refractivity contribution in [2.45, 2.75) is 38.8 Å². The minimum Gasteiger partial charge on any atom is -0.491 e. The molecule has 0 saturated heterocycles. The van der Waals surface area contributed by atoms with Crippen LogP contribution in [0.3, 0.4) is 0 Å². The Bertz CT molecular complexity index is 1180. The Morgan fingerprint density at radius 2 is 2.00 bits per heavy atom. The van der Waals surface area contributed by atoms with E-state index in [1.165, 1.54) is 17.0 Å². The molecule has 8 heteroatoms. The second-order valence-electron chi connectivity index (χ2n) is 8.62. The van der Waals surface area contributed by atoms with Crippen molar-refractivity contribution in [3.63, 3.8) is 0 Å². The van der Waals surface area contributed by atoms with Crippen LogP contribution in [0.15, 0.2) is 60.0 Å². The lowest BCUT2D eigenvalue weighted by Crippen LogP contribution is -2.49. The van der Waals surface area contributed by atoms with Crippen molar-refractivity contribution in [1.82, 2.24) is 9.80 Å². The number of benzene rings is 2. The Kier molecular flexibility index (Phi) is 8.08. The van der Waals surface area contributed by atoms with Crippen LogP contribution < -0.4 is 4.74 Å². The minimum atomic E-state index is -0.332. The van der Waals surface area contributed by atoms with E-state index in [-0.39, 0.29) is 42.9 Å². The van der Waals surface area contributed by atoms with Crippen molar-refractivity contribution < 1.29 is 18.7 Å². The minimum absolute atomic E-state index is 0.0348. The van der Waals surface area contributed by atoms with Crippen LogP contribution in [0.25, 0.3) is 0 Å². The van der Waals surface area contributed by atoms with E-state index in [1.807, 2.05) is 25.3 Å². The van der Waals surface area contributed by atoms with E-state index in [0.29, 0.717) is 29.3 Å². The van der Waals surface area contributed by atoms with Crippen molar-refractivity contribution in [3.8, 4) is 5.75 Å². The first-order chi connectivity index (χ1) is 16.9. The smallest absolute Gasteiger partial charge is 0.254 e. The number of ether oxygens (including phenoxy) is 1. The zero-order valence-corrected chi connectivity index (χ0v) is 21.3. The zero-order chi connectivity index (χ0) is 24.9. The van der Waals surface area contributed by atoms with Crippen LogP contribution in [0.1, 0.15) is 47.1 Å². The van der Waals surface area contributed by atoms with Gasteiger partial charge in [0, 0.05) is 28.0 Å². The van der Waals surface area contributed by atoms with Crippen LogP contribution >= 0.6 is 22.9 Å². The van der Waals surface area contributed by atoms with Crippen molar-refractivity contribution in [2.75, 3.05) is 19.7 Å². The second kappa shape index (κ2) is 11.2. The molecule has 3 aromatic rings. The summed E-state index contributed by atoms with van der Waals surface area (Å²) in [6.07, 6.45) is 1.47. The normalized spacial score (nSPS) is 15.9. The highest BCUT2D eigenvalue weighted by Gasteiger charge is 2.34. The molecule has 35 heavy (non-hydrogen) atoms. The third-order valence-corrected chi connectivity index (χ3v) is 7.63. The molecule has 2 amide bonds. The summed E-state index contributed by atoms with van der Waals surface area (Å²) in [6.45, 7) is 4.69. The number of thiophene rings is 1. The molecule has 2 atom stereocenters. The highest BCUT2D eigenvalue weighted by Crippen LogP contribution is 2.34. The average molecular weight is 515 g/mol. The van der Waals surface area contributed by atoms with E-state index in [0.717, 1.165) is 12.0 Å². The molecule has 0 N–H and O–H groups in total. The molecule has 2 heterocycles. The molecule has 0 bridgehead atoms. The van der Waals surface area contributed by atoms with Gasteiger partial charge in [0.25, 0.3) is 5.91 Å². The topological polar surface area (TPSA) is 49.9 Å². The summed E-state index contributed by atoms with van der Waals surface area (Å²) < 4.78 is 19.2. The van der Waals surface area contributed by atoms with Gasteiger partial charge in [-0.15, -0.1) is 11.3 Å². The summed E-state index contributed by atoms with van der Waals surface area (Å²) in [4.78, 5) is 31.6. The predicted molar refractivity (Wildman–Crippen MR) is 137 cm³/mol. The first-order valence-corrected chi connectivity index (χ1v) is 12.9. The van der Waals surface area contributed by atoms with Gasteiger partial charge in [-0.3, -0.25) is 9.59 Å². The van der Waals surface area contributed by atoms with Gasteiger partial charge in [0.15, 0.2) is 0 Å². The van der Waals surface area contributed by atoms with Gasteiger partial charge in [0.1, 0.15) is 24.7 Å². The van der Waals surface area contributed by atoms with Crippen molar-refractivity contribution in [2.24, 2.45) is 0 Å². The van der Waals surface area contributed by atoms with Crippen LogP contribution in [0.4, 0.5) is 4.39 Å². The molecule has 0 spiro atoms. The summed E-state index contributed by atoms with van der Waals surface area (Å²) in [7, 11) is 0. The molecule has 2 aromatic carbocycles. The van der Waals surface area contributed by atoms with Crippen LogP contribution in [-0.4, -0.2) is 47.4 Å². The molecule has 4 rings (SSSR count). The van der Waals surface area contributed by atoms with Gasteiger partial charge in [0.2, 0.25) is 5.91 Å². The van der Waals surface area contributed by atoms with Gasteiger partial charge in [-0.25, -0.2) is 4.39 Å². The fourth-order valence-electron chi connectivity index (χ4n) is 4.25. The molecule has 184 valence electrons. The maximum Gasteiger partial charge on any atom is 0.254 e. The van der Waals surface area contributed by atoms with E-state index in [2.05, 4.69) is 0 Å². The van der Waals surface area contributed by atoms with Crippen molar-refractivity contribution in [1.29, 1.82) is 0 Å². The fourth-order valence-corrected chi connectivity index (χ4v) is 5.37. The lowest BCUT2D eigenvalue weighted by molar-refractivity contribution is -0.136. The molecule has 0 aliphatic carbocycles. The van der Waals surface area contributed by atoms with Gasteiger partial charge in [0.05, 0.1) is 6.04 Å². The number of nitrogens with zero attached hydrogens (tertiary/aromatic N) is 2. The van der Waals surface area contributed by atoms with Gasteiger partial charge in [-0.1, -0.05) is 24.6 Å². The van der Waals surface area contributed by atoms with Gasteiger partial charge in [-0.2, -0.15) is 0 Å².